The molecule has 0 aliphatic heterocycles. The highest BCUT2D eigenvalue weighted by molar-refractivity contribution is 7.20. The standard InChI is InChI=1S/C15H14FN3OS/c1-8-4-5-10(6-12(8)16)17-14(20)13-7-11-9(2)18-19(3)15(11)21-13/h4-7H,1-3H3,(H,17,20). The molecule has 3 aromatic rings. The number of nitrogens with zero attached hydrogens (tertiary/aromatic N) is 2. The normalized spacial score (nSPS) is 11.0. The maximum Gasteiger partial charge on any atom is 0.265 e. The van der Waals surface area contributed by atoms with Crippen molar-refractivity contribution in [2.24, 2.45) is 7.05 Å². The van der Waals surface area contributed by atoms with Gasteiger partial charge in [-0.25, -0.2) is 4.39 Å². The molecule has 21 heavy (non-hydrogen) atoms. The summed E-state index contributed by atoms with van der Waals surface area (Å²) in [6.07, 6.45) is 0. The number of hydrogen-bond acceptors (Lipinski definition) is 3. The van der Waals surface area contributed by atoms with Crippen LogP contribution in [-0.4, -0.2) is 15.7 Å². The van der Waals surface area contributed by atoms with Crippen LogP contribution in [0.3, 0.4) is 0 Å². The molecule has 0 spiro atoms. The number of halogens is 1. The van der Waals surface area contributed by atoms with Gasteiger partial charge in [-0.05, 0) is 37.6 Å². The van der Waals surface area contributed by atoms with E-state index in [9.17, 15) is 9.18 Å². The zero-order valence-corrected chi connectivity index (χ0v) is 12.7. The number of benzene rings is 1. The second-order valence-electron chi connectivity index (χ2n) is 4.96. The van der Waals surface area contributed by atoms with Gasteiger partial charge in [0.05, 0.1) is 10.6 Å². The molecule has 1 aromatic carbocycles. The first-order valence-corrected chi connectivity index (χ1v) is 7.28. The number of carbonyl (C=O) groups excluding carboxylic acids is 1. The fourth-order valence-corrected chi connectivity index (χ4v) is 3.20. The molecule has 6 heteroatoms. The Hall–Kier alpha value is -2.21. The highest BCUT2D eigenvalue weighted by atomic mass is 32.1. The van der Waals surface area contributed by atoms with Gasteiger partial charge in [-0.15, -0.1) is 11.3 Å². The van der Waals surface area contributed by atoms with E-state index in [0.717, 1.165) is 15.9 Å². The van der Waals surface area contributed by atoms with Crippen LogP contribution in [0.4, 0.5) is 10.1 Å². The van der Waals surface area contributed by atoms with E-state index < -0.39 is 0 Å². The number of hydrogen-bond donors (Lipinski definition) is 1. The van der Waals surface area contributed by atoms with E-state index in [-0.39, 0.29) is 11.7 Å². The quantitative estimate of drug-likeness (QED) is 0.785. The first kappa shape index (κ1) is 13.8. The smallest absolute Gasteiger partial charge is 0.265 e. The van der Waals surface area contributed by atoms with Crippen molar-refractivity contribution in [1.29, 1.82) is 0 Å². The van der Waals surface area contributed by atoms with Gasteiger partial charge in [-0.2, -0.15) is 5.10 Å². The lowest BCUT2D eigenvalue weighted by Crippen LogP contribution is -2.10. The lowest BCUT2D eigenvalue weighted by atomic mass is 10.2. The molecule has 1 amide bonds. The average molecular weight is 303 g/mol. The molecule has 2 heterocycles. The van der Waals surface area contributed by atoms with Crippen LogP contribution in [0, 0.1) is 19.7 Å². The van der Waals surface area contributed by atoms with Gasteiger partial charge in [0, 0.05) is 18.1 Å². The first-order valence-electron chi connectivity index (χ1n) is 6.46. The fourth-order valence-electron chi connectivity index (χ4n) is 2.18. The van der Waals surface area contributed by atoms with E-state index in [1.54, 1.807) is 23.7 Å². The lowest BCUT2D eigenvalue weighted by Gasteiger charge is -2.04. The second kappa shape index (κ2) is 4.96. The van der Waals surface area contributed by atoms with E-state index >= 15 is 0 Å². The van der Waals surface area contributed by atoms with Crippen molar-refractivity contribution in [1.82, 2.24) is 9.78 Å². The molecule has 0 fully saturated rings. The van der Waals surface area contributed by atoms with Crippen molar-refractivity contribution in [3.63, 3.8) is 0 Å². The van der Waals surface area contributed by atoms with E-state index in [2.05, 4.69) is 10.4 Å². The minimum atomic E-state index is -0.329. The molecule has 108 valence electrons. The van der Waals surface area contributed by atoms with Crippen LogP contribution in [0.15, 0.2) is 24.3 Å². The number of aryl methyl sites for hydroxylation is 3. The van der Waals surface area contributed by atoms with E-state index in [1.807, 2.05) is 20.0 Å². The molecule has 0 unspecified atom stereocenters. The largest absolute Gasteiger partial charge is 0.321 e. The fraction of sp³-hybridized carbons (Fsp3) is 0.200. The number of aromatic nitrogens is 2. The Morgan fingerprint density at radius 2 is 2.10 bits per heavy atom. The summed E-state index contributed by atoms with van der Waals surface area (Å²) in [5.74, 6) is -0.567. The Morgan fingerprint density at radius 1 is 1.33 bits per heavy atom. The van der Waals surface area contributed by atoms with Crippen LogP contribution >= 0.6 is 11.3 Å². The van der Waals surface area contributed by atoms with Crippen LogP contribution in [0.1, 0.15) is 20.9 Å². The molecule has 0 atom stereocenters. The lowest BCUT2D eigenvalue weighted by molar-refractivity contribution is 0.103. The van der Waals surface area contributed by atoms with Gasteiger partial charge in [0.1, 0.15) is 10.6 Å². The Bertz CT molecular complexity index is 816. The Kier molecular flexibility index (Phi) is 3.25. The third-order valence-electron chi connectivity index (χ3n) is 3.35. The van der Waals surface area contributed by atoms with Crippen molar-refractivity contribution >= 4 is 33.1 Å². The number of anilines is 1. The predicted octanol–water partition coefficient (Wildman–Crippen LogP) is 3.64. The van der Waals surface area contributed by atoms with E-state index in [4.69, 9.17) is 0 Å². The second-order valence-corrected chi connectivity index (χ2v) is 5.99. The number of carbonyl (C=O) groups is 1. The number of nitrogens with one attached hydrogen (secondary N) is 1. The number of thiophene rings is 1. The van der Waals surface area contributed by atoms with Crippen molar-refractivity contribution in [2.75, 3.05) is 5.32 Å². The first-order chi connectivity index (χ1) is 9.95. The van der Waals surface area contributed by atoms with E-state index in [0.29, 0.717) is 16.1 Å². The van der Waals surface area contributed by atoms with Crippen LogP contribution < -0.4 is 5.32 Å². The summed E-state index contributed by atoms with van der Waals surface area (Å²) in [6, 6.07) is 6.48. The maximum atomic E-state index is 13.5. The molecule has 0 radical (unpaired) electrons. The molecular weight excluding hydrogens is 289 g/mol. The van der Waals surface area contributed by atoms with Gasteiger partial charge in [-0.1, -0.05) is 6.07 Å². The average Bonchev–Trinajstić information content (AvgIpc) is 2.97. The van der Waals surface area contributed by atoms with Crippen LogP contribution in [0.2, 0.25) is 0 Å². The van der Waals surface area contributed by atoms with Gasteiger partial charge in [-0.3, -0.25) is 9.48 Å². The summed E-state index contributed by atoms with van der Waals surface area (Å²) in [5, 5.41) is 7.99. The molecule has 1 N–H and O–H groups in total. The monoisotopic (exact) mass is 303 g/mol. The molecule has 4 nitrogen and oxygen atoms in total. The van der Waals surface area contributed by atoms with Crippen LogP contribution in [0.25, 0.3) is 10.2 Å². The predicted molar refractivity (Wildman–Crippen MR) is 82.4 cm³/mol. The van der Waals surface area contributed by atoms with Gasteiger partial charge in [0.25, 0.3) is 5.91 Å². The third kappa shape index (κ3) is 2.42. The molecule has 0 saturated heterocycles. The van der Waals surface area contributed by atoms with Crippen molar-refractivity contribution < 1.29 is 9.18 Å². The highest BCUT2D eigenvalue weighted by Crippen LogP contribution is 2.28. The van der Waals surface area contributed by atoms with Crippen LogP contribution in [0.5, 0.6) is 0 Å². The topological polar surface area (TPSA) is 46.9 Å². The SMILES string of the molecule is Cc1ccc(NC(=O)c2cc3c(C)nn(C)c3s2)cc1F. The minimum Gasteiger partial charge on any atom is -0.321 e. The summed E-state index contributed by atoms with van der Waals surface area (Å²) in [7, 11) is 1.85. The Balaban J connectivity index is 1.89. The van der Waals surface area contributed by atoms with Gasteiger partial charge < -0.3 is 5.32 Å². The molecule has 0 aliphatic rings. The zero-order chi connectivity index (χ0) is 15.1. The number of fused-ring (bicyclic) bond motifs is 1. The van der Waals surface area contributed by atoms with Crippen LogP contribution in [-0.2, 0) is 7.05 Å². The summed E-state index contributed by atoms with van der Waals surface area (Å²) in [4.78, 5) is 13.8. The van der Waals surface area contributed by atoms with Gasteiger partial charge in [0.2, 0.25) is 0 Å². The summed E-state index contributed by atoms with van der Waals surface area (Å²) >= 11 is 1.37. The molecule has 3 rings (SSSR count). The highest BCUT2D eigenvalue weighted by Gasteiger charge is 2.15. The summed E-state index contributed by atoms with van der Waals surface area (Å²) in [6.45, 7) is 3.59. The van der Waals surface area contributed by atoms with E-state index in [1.165, 1.54) is 17.4 Å². The number of amides is 1. The molecule has 2 aromatic heterocycles. The van der Waals surface area contributed by atoms with Crippen molar-refractivity contribution in [3.8, 4) is 0 Å². The third-order valence-corrected chi connectivity index (χ3v) is 4.55. The maximum absolute atomic E-state index is 13.5. The van der Waals surface area contributed by atoms with Crippen molar-refractivity contribution in [3.05, 3.63) is 46.2 Å². The summed E-state index contributed by atoms with van der Waals surface area (Å²) < 4.78 is 15.3. The van der Waals surface area contributed by atoms with Crippen molar-refractivity contribution in [2.45, 2.75) is 13.8 Å². The van der Waals surface area contributed by atoms with Gasteiger partial charge in [0.15, 0.2) is 0 Å². The molecule has 0 saturated carbocycles. The van der Waals surface area contributed by atoms with Gasteiger partial charge >= 0.3 is 0 Å². The minimum absolute atomic E-state index is 0.237. The molecular formula is C15H14FN3OS. The molecule has 0 aliphatic carbocycles. The zero-order valence-electron chi connectivity index (χ0n) is 11.9. The number of rotatable bonds is 2. The summed E-state index contributed by atoms with van der Waals surface area (Å²) in [5.41, 5.74) is 1.90. The molecule has 0 bridgehead atoms. The Labute approximate surface area is 125 Å². The Morgan fingerprint density at radius 3 is 2.76 bits per heavy atom.